The Labute approximate surface area is 121 Å². The molecule has 0 aromatic carbocycles. The molecule has 0 saturated carbocycles. The summed E-state index contributed by atoms with van der Waals surface area (Å²) in [5.41, 5.74) is 0.809. The molecule has 3 rings (SSSR count). The highest BCUT2D eigenvalue weighted by Gasteiger charge is 2.23. The van der Waals surface area contributed by atoms with Crippen LogP contribution in [0.1, 0.15) is 41.0 Å². The molecule has 5 nitrogen and oxygen atoms in total. The van der Waals surface area contributed by atoms with Gasteiger partial charge >= 0.3 is 0 Å². The number of aryl methyl sites for hydroxylation is 1. The Balaban J connectivity index is 1.72. The Kier molecular flexibility index (Phi) is 3.82. The van der Waals surface area contributed by atoms with Crippen molar-refractivity contribution in [2.45, 2.75) is 32.1 Å². The van der Waals surface area contributed by atoms with Crippen LogP contribution in [0.25, 0.3) is 0 Å². The van der Waals surface area contributed by atoms with Crippen LogP contribution < -0.4 is 10.6 Å². The number of carbonyl (C=O) groups is 2. The van der Waals surface area contributed by atoms with Gasteiger partial charge in [-0.3, -0.25) is 9.59 Å². The number of thiazole rings is 1. The van der Waals surface area contributed by atoms with Gasteiger partial charge in [-0.15, -0.1) is 0 Å². The van der Waals surface area contributed by atoms with Crippen molar-refractivity contribution in [2.24, 2.45) is 5.92 Å². The zero-order valence-electron chi connectivity index (χ0n) is 11.1. The molecule has 2 aliphatic rings. The van der Waals surface area contributed by atoms with Crippen LogP contribution in [0.15, 0.2) is 12.2 Å². The van der Waals surface area contributed by atoms with Gasteiger partial charge in [0, 0.05) is 12.5 Å². The van der Waals surface area contributed by atoms with E-state index in [0.717, 1.165) is 37.8 Å². The maximum absolute atomic E-state index is 12.2. The lowest BCUT2D eigenvalue weighted by atomic mass is 9.94. The predicted octanol–water partition coefficient (Wildman–Crippen LogP) is 2.11. The molecule has 0 radical (unpaired) electrons. The van der Waals surface area contributed by atoms with E-state index in [1.807, 2.05) is 0 Å². The van der Waals surface area contributed by atoms with Gasteiger partial charge in [-0.2, -0.15) is 0 Å². The highest BCUT2D eigenvalue weighted by atomic mass is 32.1. The zero-order chi connectivity index (χ0) is 13.9. The van der Waals surface area contributed by atoms with Gasteiger partial charge in [-0.25, -0.2) is 4.98 Å². The van der Waals surface area contributed by atoms with Crippen LogP contribution in [0.2, 0.25) is 0 Å². The largest absolute Gasteiger partial charge is 0.351 e. The number of nitrogens with zero attached hydrogens (tertiary/aromatic N) is 1. The Morgan fingerprint density at radius 3 is 3.15 bits per heavy atom. The third-order valence-electron chi connectivity index (χ3n) is 3.65. The molecule has 0 unspecified atom stereocenters. The van der Waals surface area contributed by atoms with Gasteiger partial charge in [0.25, 0.3) is 5.91 Å². The number of allylic oxidation sites excluding steroid dienone is 2. The Bertz CT molecular complexity index is 565. The van der Waals surface area contributed by atoms with E-state index in [1.165, 1.54) is 11.3 Å². The first-order valence-corrected chi connectivity index (χ1v) is 7.79. The minimum Gasteiger partial charge on any atom is -0.351 e. The summed E-state index contributed by atoms with van der Waals surface area (Å²) < 4.78 is 0. The molecule has 0 fully saturated rings. The molecule has 20 heavy (non-hydrogen) atoms. The maximum Gasteiger partial charge on any atom is 0.263 e. The molecule has 1 aromatic rings. The summed E-state index contributed by atoms with van der Waals surface area (Å²) in [6.07, 6.45) is 8.47. The summed E-state index contributed by atoms with van der Waals surface area (Å²) in [4.78, 5) is 29.0. The number of anilines is 1. The monoisotopic (exact) mass is 291 g/mol. The van der Waals surface area contributed by atoms with Crippen LogP contribution in [0.4, 0.5) is 5.13 Å². The first kappa shape index (κ1) is 13.3. The molecular weight excluding hydrogens is 274 g/mol. The van der Waals surface area contributed by atoms with Gasteiger partial charge in [0.15, 0.2) is 5.13 Å². The normalized spacial score (nSPS) is 21.8. The average molecular weight is 291 g/mol. The summed E-state index contributed by atoms with van der Waals surface area (Å²) in [6.45, 7) is 0.692. The second-order valence-electron chi connectivity index (χ2n) is 5.12. The number of amides is 2. The van der Waals surface area contributed by atoms with Crippen molar-refractivity contribution in [2.75, 3.05) is 11.9 Å². The van der Waals surface area contributed by atoms with Crippen LogP contribution in [-0.2, 0) is 11.2 Å². The van der Waals surface area contributed by atoms with E-state index in [4.69, 9.17) is 0 Å². The molecule has 2 heterocycles. The lowest BCUT2D eigenvalue weighted by molar-refractivity contribution is -0.120. The summed E-state index contributed by atoms with van der Waals surface area (Å²) >= 11 is 1.28. The second kappa shape index (κ2) is 5.75. The van der Waals surface area contributed by atoms with E-state index in [2.05, 4.69) is 27.8 Å². The van der Waals surface area contributed by atoms with Crippen molar-refractivity contribution in [1.29, 1.82) is 0 Å². The van der Waals surface area contributed by atoms with Crippen molar-refractivity contribution in [1.82, 2.24) is 10.3 Å². The fourth-order valence-electron chi connectivity index (χ4n) is 2.53. The van der Waals surface area contributed by atoms with Crippen molar-refractivity contribution in [3.63, 3.8) is 0 Å². The molecule has 2 N–H and O–H groups in total. The van der Waals surface area contributed by atoms with Crippen molar-refractivity contribution in [3.8, 4) is 0 Å². The van der Waals surface area contributed by atoms with Crippen molar-refractivity contribution < 1.29 is 9.59 Å². The minimum atomic E-state index is -0.0731. The molecule has 0 bridgehead atoms. The van der Waals surface area contributed by atoms with Crippen LogP contribution >= 0.6 is 11.3 Å². The molecule has 1 aliphatic heterocycles. The first-order valence-electron chi connectivity index (χ1n) is 6.98. The first-order chi connectivity index (χ1) is 9.74. The fraction of sp³-hybridized carbons (Fsp3) is 0.500. The lowest BCUT2D eigenvalue weighted by Gasteiger charge is -2.15. The Morgan fingerprint density at radius 2 is 2.35 bits per heavy atom. The topological polar surface area (TPSA) is 71.1 Å². The molecule has 0 saturated heterocycles. The Hall–Kier alpha value is -1.69. The van der Waals surface area contributed by atoms with E-state index < -0.39 is 0 Å². The molecule has 0 spiro atoms. The van der Waals surface area contributed by atoms with Gasteiger partial charge in [0.2, 0.25) is 5.91 Å². The molecule has 106 valence electrons. The van der Waals surface area contributed by atoms with Crippen LogP contribution in [0.3, 0.4) is 0 Å². The highest BCUT2D eigenvalue weighted by Crippen LogP contribution is 2.27. The number of nitrogens with one attached hydrogen (secondary N) is 2. The van der Waals surface area contributed by atoms with E-state index in [9.17, 15) is 9.59 Å². The summed E-state index contributed by atoms with van der Waals surface area (Å²) in [5, 5.41) is 6.25. The molecule has 1 aliphatic carbocycles. The van der Waals surface area contributed by atoms with Crippen LogP contribution in [0.5, 0.6) is 0 Å². The lowest BCUT2D eigenvalue weighted by Crippen LogP contribution is -2.23. The molecular formula is C14H17N3O2S. The third kappa shape index (κ3) is 2.75. The van der Waals surface area contributed by atoms with Gasteiger partial charge in [0.05, 0.1) is 5.69 Å². The number of aromatic nitrogens is 1. The van der Waals surface area contributed by atoms with E-state index in [1.54, 1.807) is 0 Å². The zero-order valence-corrected chi connectivity index (χ0v) is 12.0. The minimum absolute atomic E-state index is 0.0127. The van der Waals surface area contributed by atoms with Crippen LogP contribution in [0, 0.1) is 5.92 Å². The summed E-state index contributed by atoms with van der Waals surface area (Å²) in [7, 11) is 0. The SMILES string of the molecule is O=C1NCCCc2nc(NC(=O)[C@@H]3CC=CCC3)sc21. The number of fused-ring (bicyclic) bond motifs is 1. The van der Waals surface area contributed by atoms with Crippen molar-refractivity contribution >= 4 is 28.3 Å². The molecule has 1 atom stereocenters. The Morgan fingerprint density at radius 1 is 1.45 bits per heavy atom. The fourth-order valence-corrected chi connectivity index (χ4v) is 3.46. The predicted molar refractivity (Wildman–Crippen MR) is 77.9 cm³/mol. The second-order valence-corrected chi connectivity index (χ2v) is 6.12. The summed E-state index contributed by atoms with van der Waals surface area (Å²) in [6, 6.07) is 0. The average Bonchev–Trinajstić information content (AvgIpc) is 2.79. The third-order valence-corrected chi connectivity index (χ3v) is 4.66. The highest BCUT2D eigenvalue weighted by molar-refractivity contribution is 7.17. The number of hydrogen-bond donors (Lipinski definition) is 2. The van der Waals surface area contributed by atoms with Gasteiger partial charge in [-0.1, -0.05) is 23.5 Å². The molecule has 1 aromatic heterocycles. The number of hydrogen-bond acceptors (Lipinski definition) is 4. The number of rotatable bonds is 2. The van der Waals surface area contributed by atoms with Crippen LogP contribution in [-0.4, -0.2) is 23.3 Å². The number of carbonyl (C=O) groups excluding carboxylic acids is 2. The van der Waals surface area contributed by atoms with Gasteiger partial charge in [-0.05, 0) is 32.1 Å². The standard InChI is InChI=1S/C14H17N3O2S/c18-12(9-5-2-1-3-6-9)17-14-16-10-7-4-8-15-13(19)11(10)20-14/h1-2,9H,3-8H2,(H,15,19)(H,16,17,18)/t9-/m1/s1. The van der Waals surface area contributed by atoms with Crippen molar-refractivity contribution in [3.05, 3.63) is 22.7 Å². The van der Waals surface area contributed by atoms with E-state index >= 15 is 0 Å². The smallest absolute Gasteiger partial charge is 0.263 e. The van der Waals surface area contributed by atoms with Gasteiger partial charge < -0.3 is 10.6 Å². The van der Waals surface area contributed by atoms with E-state index in [-0.39, 0.29) is 17.7 Å². The molecule has 6 heteroatoms. The summed E-state index contributed by atoms with van der Waals surface area (Å²) in [5.74, 6) is -0.0349. The quantitative estimate of drug-likeness (QED) is 0.820. The maximum atomic E-state index is 12.2. The van der Waals surface area contributed by atoms with Gasteiger partial charge in [0.1, 0.15) is 4.88 Å². The van der Waals surface area contributed by atoms with E-state index in [0.29, 0.717) is 16.6 Å². The molecule has 2 amide bonds.